The van der Waals surface area contributed by atoms with Crippen LogP contribution in [0.25, 0.3) is 22.3 Å². The Morgan fingerprint density at radius 1 is 1.00 bits per heavy atom. The van der Waals surface area contributed by atoms with Crippen LogP contribution in [0.15, 0.2) is 90.2 Å². The summed E-state index contributed by atoms with van der Waals surface area (Å²) >= 11 is 6.01. The number of tetrazole rings is 1. The molecule has 0 aliphatic rings. The normalized spacial score (nSPS) is 11.3. The minimum atomic E-state index is -0.349. The molecule has 1 N–H and O–H groups in total. The van der Waals surface area contributed by atoms with Crippen LogP contribution in [0.3, 0.4) is 0 Å². The Balaban J connectivity index is 1.26. The zero-order valence-corrected chi connectivity index (χ0v) is 18.8. The van der Waals surface area contributed by atoms with Gasteiger partial charge in [0.2, 0.25) is 5.82 Å². The van der Waals surface area contributed by atoms with Crippen LogP contribution in [-0.4, -0.2) is 36.9 Å². The number of nitrogens with zero attached hydrogens (tertiary/aromatic N) is 6. The van der Waals surface area contributed by atoms with Gasteiger partial charge in [-0.25, -0.2) is 5.43 Å². The lowest BCUT2D eigenvalue weighted by molar-refractivity contribution is -0.122. The number of rotatable bonds is 7. The van der Waals surface area contributed by atoms with Gasteiger partial charge in [-0.2, -0.15) is 9.90 Å². The van der Waals surface area contributed by atoms with Crippen molar-refractivity contribution in [2.24, 2.45) is 5.10 Å². The molecule has 0 saturated carbocycles. The van der Waals surface area contributed by atoms with Crippen molar-refractivity contribution >= 4 is 34.6 Å². The molecule has 34 heavy (non-hydrogen) atoms. The third-order valence-electron chi connectivity index (χ3n) is 5.25. The smallest absolute Gasteiger partial charge is 0.263 e. The van der Waals surface area contributed by atoms with Crippen molar-refractivity contribution in [3.05, 3.63) is 101 Å². The molecule has 5 rings (SSSR count). The predicted octanol–water partition coefficient (Wildman–Crippen LogP) is 4.15. The van der Waals surface area contributed by atoms with Gasteiger partial charge in [0.1, 0.15) is 6.54 Å². The molecule has 0 radical (unpaired) electrons. The highest BCUT2D eigenvalue weighted by Gasteiger charge is 2.10. The Kier molecular flexibility index (Phi) is 6.13. The monoisotopic (exact) mass is 469 g/mol. The van der Waals surface area contributed by atoms with E-state index < -0.39 is 0 Å². The lowest BCUT2D eigenvalue weighted by atomic mass is 10.2. The van der Waals surface area contributed by atoms with Crippen molar-refractivity contribution in [2.75, 3.05) is 0 Å². The molecule has 0 spiro atoms. The Morgan fingerprint density at radius 3 is 2.59 bits per heavy atom. The van der Waals surface area contributed by atoms with E-state index in [0.29, 0.717) is 17.4 Å². The van der Waals surface area contributed by atoms with Crippen LogP contribution in [0.1, 0.15) is 11.1 Å². The first-order valence-corrected chi connectivity index (χ1v) is 11.0. The summed E-state index contributed by atoms with van der Waals surface area (Å²) in [5.74, 6) is 0.114. The third-order valence-corrected chi connectivity index (χ3v) is 5.50. The molecule has 8 nitrogen and oxygen atoms in total. The largest absolute Gasteiger partial charge is 0.342 e. The van der Waals surface area contributed by atoms with Crippen LogP contribution in [-0.2, 0) is 17.9 Å². The second-order valence-corrected chi connectivity index (χ2v) is 8.10. The highest BCUT2D eigenvalue weighted by Crippen LogP contribution is 2.22. The van der Waals surface area contributed by atoms with Gasteiger partial charge in [-0.15, -0.1) is 10.2 Å². The van der Waals surface area contributed by atoms with Gasteiger partial charge in [0.05, 0.1) is 6.21 Å². The van der Waals surface area contributed by atoms with E-state index in [2.05, 4.69) is 36.6 Å². The van der Waals surface area contributed by atoms with Crippen LogP contribution < -0.4 is 5.43 Å². The van der Waals surface area contributed by atoms with Crippen molar-refractivity contribution in [3.63, 3.8) is 0 Å². The first kappa shape index (κ1) is 21.5. The summed E-state index contributed by atoms with van der Waals surface area (Å²) in [6, 6.07) is 25.3. The lowest BCUT2D eigenvalue weighted by Crippen LogP contribution is -2.24. The van der Waals surface area contributed by atoms with E-state index in [1.807, 2.05) is 79.0 Å². The van der Waals surface area contributed by atoms with Gasteiger partial charge >= 0.3 is 0 Å². The second-order valence-electron chi connectivity index (χ2n) is 7.66. The number of hydrazone groups is 1. The molecule has 9 heteroatoms. The molecular formula is C25H20ClN7O. The van der Waals surface area contributed by atoms with Gasteiger partial charge in [-0.1, -0.05) is 72.3 Å². The second kappa shape index (κ2) is 9.68. The Labute approximate surface area is 200 Å². The van der Waals surface area contributed by atoms with Gasteiger partial charge in [-0.3, -0.25) is 4.79 Å². The molecule has 2 aromatic heterocycles. The number of benzene rings is 3. The maximum absolute atomic E-state index is 12.3. The molecule has 2 heterocycles. The first-order valence-electron chi connectivity index (χ1n) is 10.6. The molecule has 0 bridgehead atoms. The van der Waals surface area contributed by atoms with Gasteiger partial charge in [0.15, 0.2) is 0 Å². The van der Waals surface area contributed by atoms with Crippen LogP contribution in [0.2, 0.25) is 5.02 Å². The number of aromatic nitrogens is 5. The SMILES string of the molecule is O=C(Cn1nnc(-c2ccccc2)n1)N/N=C\c1cn(Cc2ccc(Cl)cc2)c2ccccc12. The molecule has 0 aliphatic heterocycles. The fraction of sp³-hybridized carbons (Fsp3) is 0.0800. The van der Waals surface area contributed by atoms with Crippen LogP contribution in [0.5, 0.6) is 0 Å². The maximum atomic E-state index is 12.3. The quantitative estimate of drug-likeness (QED) is 0.286. The van der Waals surface area contributed by atoms with Crippen molar-refractivity contribution < 1.29 is 4.79 Å². The summed E-state index contributed by atoms with van der Waals surface area (Å²) in [5.41, 5.74) is 6.48. The van der Waals surface area contributed by atoms with Gasteiger partial charge < -0.3 is 4.57 Å². The van der Waals surface area contributed by atoms with Gasteiger partial charge in [-0.05, 0) is 29.0 Å². The molecule has 1 amide bonds. The molecule has 168 valence electrons. The number of para-hydroxylation sites is 1. The van der Waals surface area contributed by atoms with Gasteiger partial charge in [0.25, 0.3) is 5.91 Å². The van der Waals surface area contributed by atoms with Crippen molar-refractivity contribution in [2.45, 2.75) is 13.1 Å². The zero-order chi connectivity index (χ0) is 23.3. The van der Waals surface area contributed by atoms with Gasteiger partial charge in [0, 0.05) is 39.8 Å². The Bertz CT molecular complexity index is 1460. The number of amides is 1. The first-order chi connectivity index (χ1) is 16.7. The number of halogens is 1. The summed E-state index contributed by atoms with van der Waals surface area (Å²) < 4.78 is 2.15. The number of hydrogen-bond donors (Lipinski definition) is 1. The van der Waals surface area contributed by atoms with Crippen LogP contribution >= 0.6 is 11.6 Å². The number of carbonyl (C=O) groups excluding carboxylic acids is 1. The average Bonchev–Trinajstić information content (AvgIpc) is 3.46. The summed E-state index contributed by atoms with van der Waals surface area (Å²) in [6.07, 6.45) is 3.66. The van der Waals surface area contributed by atoms with E-state index in [-0.39, 0.29) is 12.5 Å². The van der Waals surface area contributed by atoms with E-state index in [1.165, 1.54) is 4.80 Å². The summed E-state index contributed by atoms with van der Waals surface area (Å²) in [7, 11) is 0. The molecule has 0 aliphatic carbocycles. The summed E-state index contributed by atoms with van der Waals surface area (Å²) in [5, 5.41) is 18.1. The maximum Gasteiger partial charge on any atom is 0.263 e. The summed E-state index contributed by atoms with van der Waals surface area (Å²) in [6.45, 7) is 0.606. The van der Waals surface area contributed by atoms with Crippen LogP contribution in [0.4, 0.5) is 0 Å². The van der Waals surface area contributed by atoms with Crippen molar-refractivity contribution in [1.29, 1.82) is 0 Å². The molecule has 0 atom stereocenters. The fourth-order valence-corrected chi connectivity index (χ4v) is 3.77. The number of hydrogen-bond acceptors (Lipinski definition) is 5. The average molecular weight is 470 g/mol. The Morgan fingerprint density at radius 2 is 1.76 bits per heavy atom. The summed E-state index contributed by atoms with van der Waals surface area (Å²) in [4.78, 5) is 13.6. The lowest BCUT2D eigenvalue weighted by Gasteiger charge is -2.05. The number of nitrogens with one attached hydrogen (secondary N) is 1. The highest BCUT2D eigenvalue weighted by atomic mass is 35.5. The fourth-order valence-electron chi connectivity index (χ4n) is 3.65. The molecule has 0 fully saturated rings. The molecule has 0 saturated heterocycles. The van der Waals surface area contributed by atoms with Crippen molar-refractivity contribution in [1.82, 2.24) is 30.2 Å². The van der Waals surface area contributed by atoms with E-state index in [9.17, 15) is 4.79 Å². The highest BCUT2D eigenvalue weighted by molar-refractivity contribution is 6.30. The molecular weight excluding hydrogens is 450 g/mol. The van der Waals surface area contributed by atoms with E-state index in [0.717, 1.165) is 27.6 Å². The van der Waals surface area contributed by atoms with E-state index in [1.54, 1.807) is 6.21 Å². The molecule has 3 aromatic carbocycles. The third kappa shape index (κ3) is 4.87. The topological polar surface area (TPSA) is 90.0 Å². The minimum absolute atomic E-state index is 0.0878. The van der Waals surface area contributed by atoms with Crippen molar-refractivity contribution in [3.8, 4) is 11.4 Å². The minimum Gasteiger partial charge on any atom is -0.342 e. The zero-order valence-electron chi connectivity index (χ0n) is 18.0. The number of carbonyl (C=O) groups is 1. The molecule has 5 aromatic rings. The Hall–Kier alpha value is -4.30. The predicted molar refractivity (Wildman–Crippen MR) is 131 cm³/mol. The molecule has 0 unspecified atom stereocenters. The van der Waals surface area contributed by atoms with E-state index >= 15 is 0 Å². The standard InChI is InChI=1S/C25H20ClN7O/c26-21-12-10-18(11-13-21)15-32-16-20(22-8-4-5-9-23(22)32)14-27-28-24(34)17-33-30-25(29-31-33)19-6-2-1-3-7-19/h1-14,16H,15,17H2,(H,28,34)/b27-14-. The van der Waals surface area contributed by atoms with E-state index in [4.69, 9.17) is 11.6 Å². The van der Waals surface area contributed by atoms with Crippen LogP contribution in [0, 0.1) is 0 Å². The number of fused-ring (bicyclic) bond motifs is 1.